The summed E-state index contributed by atoms with van der Waals surface area (Å²) in [5.41, 5.74) is 2.37. The summed E-state index contributed by atoms with van der Waals surface area (Å²) in [5.74, 6) is -0.428. The molecule has 0 spiro atoms. The molecule has 0 aliphatic heterocycles. The van der Waals surface area contributed by atoms with Crippen molar-refractivity contribution >= 4 is 33.8 Å². The summed E-state index contributed by atoms with van der Waals surface area (Å²) in [7, 11) is 0. The van der Waals surface area contributed by atoms with Crippen LogP contribution in [0.2, 0.25) is 0 Å². The number of anilines is 2. The molecule has 2 amide bonds. The van der Waals surface area contributed by atoms with Crippen molar-refractivity contribution in [2.24, 2.45) is 0 Å². The van der Waals surface area contributed by atoms with Crippen LogP contribution >= 0.6 is 11.3 Å². The quantitative estimate of drug-likeness (QED) is 0.537. The van der Waals surface area contributed by atoms with Gasteiger partial charge >= 0.3 is 0 Å². The number of tetrazole rings is 1. The average molecular weight is 394 g/mol. The second kappa shape index (κ2) is 7.45. The lowest BCUT2D eigenvalue weighted by Gasteiger charge is -2.08. The van der Waals surface area contributed by atoms with E-state index >= 15 is 0 Å². The van der Waals surface area contributed by atoms with Gasteiger partial charge in [-0.2, -0.15) is 0 Å². The Hall–Kier alpha value is -3.79. The summed E-state index contributed by atoms with van der Waals surface area (Å²) in [4.78, 5) is 25.0. The highest BCUT2D eigenvalue weighted by atomic mass is 32.1. The van der Waals surface area contributed by atoms with E-state index in [1.807, 2.05) is 19.1 Å². The molecule has 0 aliphatic carbocycles. The summed E-state index contributed by atoms with van der Waals surface area (Å²) in [6, 6.07) is 12.0. The Morgan fingerprint density at radius 3 is 2.71 bits per heavy atom. The predicted octanol–water partition coefficient (Wildman–Crippen LogP) is 3.13. The van der Waals surface area contributed by atoms with Crippen molar-refractivity contribution in [1.29, 1.82) is 0 Å². The Kier molecular flexibility index (Phi) is 4.68. The van der Waals surface area contributed by atoms with Crippen molar-refractivity contribution in [3.63, 3.8) is 0 Å². The number of nitrogens with one attached hydrogen (secondary N) is 2. The van der Waals surface area contributed by atoms with Gasteiger partial charge in [0.2, 0.25) is 0 Å². The van der Waals surface area contributed by atoms with E-state index < -0.39 is 0 Å². The number of nitrogens with zero attached hydrogens (tertiary/aromatic N) is 4. The highest BCUT2D eigenvalue weighted by Crippen LogP contribution is 2.24. The Bertz CT molecular complexity index is 1120. The van der Waals surface area contributed by atoms with E-state index in [1.54, 1.807) is 35.0 Å². The molecule has 2 N–H and O–H groups in total. The number of rotatable bonds is 5. The first kappa shape index (κ1) is 17.6. The Morgan fingerprint density at radius 2 is 2.00 bits per heavy atom. The molecular formula is C18H14N6O3S. The normalized spacial score (nSPS) is 10.6. The minimum Gasteiger partial charge on any atom is -0.459 e. The number of amides is 2. The van der Waals surface area contributed by atoms with Crippen LogP contribution in [0.5, 0.6) is 0 Å². The maximum atomic E-state index is 12.5. The molecule has 4 rings (SSSR count). The van der Waals surface area contributed by atoms with Gasteiger partial charge in [0.15, 0.2) is 5.76 Å². The third kappa shape index (κ3) is 3.67. The topological polar surface area (TPSA) is 115 Å². The lowest BCUT2D eigenvalue weighted by atomic mass is 10.2. The number of carbonyl (C=O) groups excluding carboxylic acids is 2. The third-order valence-electron chi connectivity index (χ3n) is 3.86. The highest BCUT2D eigenvalue weighted by molar-refractivity contribution is 7.18. The molecular weight excluding hydrogens is 380 g/mol. The van der Waals surface area contributed by atoms with E-state index in [2.05, 4.69) is 26.2 Å². The smallest absolute Gasteiger partial charge is 0.291 e. The Morgan fingerprint density at radius 1 is 1.11 bits per heavy atom. The summed E-state index contributed by atoms with van der Waals surface area (Å²) >= 11 is 1.17. The van der Waals surface area contributed by atoms with Crippen LogP contribution in [-0.4, -0.2) is 32.0 Å². The second-order valence-electron chi connectivity index (χ2n) is 5.81. The van der Waals surface area contributed by atoms with E-state index in [-0.39, 0.29) is 17.6 Å². The number of carbonyl (C=O) groups is 2. The largest absolute Gasteiger partial charge is 0.459 e. The maximum absolute atomic E-state index is 12.5. The average Bonchev–Trinajstić information content (AvgIpc) is 3.44. The van der Waals surface area contributed by atoms with Gasteiger partial charge in [-0.3, -0.25) is 9.59 Å². The van der Waals surface area contributed by atoms with Crippen LogP contribution in [0.1, 0.15) is 25.8 Å². The van der Waals surface area contributed by atoms with Gasteiger partial charge in [-0.15, -0.1) is 16.4 Å². The molecule has 10 heteroatoms. The molecule has 28 heavy (non-hydrogen) atoms. The minimum atomic E-state index is -0.368. The van der Waals surface area contributed by atoms with Crippen molar-refractivity contribution in [3.05, 3.63) is 71.3 Å². The molecule has 0 unspecified atom stereocenters. The van der Waals surface area contributed by atoms with E-state index in [4.69, 9.17) is 4.42 Å². The molecule has 0 atom stereocenters. The number of aromatic nitrogens is 4. The molecule has 9 nitrogen and oxygen atoms in total. The fourth-order valence-electron chi connectivity index (χ4n) is 2.56. The van der Waals surface area contributed by atoms with Gasteiger partial charge in [-0.1, -0.05) is 0 Å². The van der Waals surface area contributed by atoms with Crippen molar-refractivity contribution < 1.29 is 14.0 Å². The van der Waals surface area contributed by atoms with Crippen molar-refractivity contribution in [1.82, 2.24) is 20.2 Å². The summed E-state index contributed by atoms with van der Waals surface area (Å²) < 4.78 is 6.60. The first-order chi connectivity index (χ1) is 13.6. The van der Waals surface area contributed by atoms with Crippen LogP contribution < -0.4 is 10.6 Å². The highest BCUT2D eigenvalue weighted by Gasteiger charge is 2.14. The molecule has 140 valence electrons. The molecule has 0 bridgehead atoms. The van der Waals surface area contributed by atoms with Crippen LogP contribution in [0.25, 0.3) is 5.69 Å². The summed E-state index contributed by atoms with van der Waals surface area (Å²) in [5, 5.41) is 17.2. The lowest BCUT2D eigenvalue weighted by Crippen LogP contribution is -2.11. The van der Waals surface area contributed by atoms with E-state index in [0.717, 1.165) is 11.3 Å². The minimum absolute atomic E-state index is 0.206. The van der Waals surface area contributed by atoms with E-state index in [0.29, 0.717) is 15.6 Å². The van der Waals surface area contributed by atoms with E-state index in [1.165, 1.54) is 23.9 Å². The molecule has 3 heterocycles. The van der Waals surface area contributed by atoms with Crippen LogP contribution in [0.15, 0.2) is 59.5 Å². The second-order valence-corrected chi connectivity index (χ2v) is 6.89. The standard InChI is InChI=1S/C18H14N6O3S/c1-11-9-12(4-5-13(11)24-10-19-22-23-24)20-18(26)15-6-7-16(28-15)21-17(25)14-3-2-8-27-14/h2-10H,1H3,(H,20,26)(H,21,25). The predicted molar refractivity (Wildman–Crippen MR) is 103 cm³/mol. The zero-order valence-corrected chi connectivity index (χ0v) is 15.4. The van der Waals surface area contributed by atoms with Crippen molar-refractivity contribution in [2.75, 3.05) is 10.6 Å². The van der Waals surface area contributed by atoms with E-state index in [9.17, 15) is 9.59 Å². The zero-order chi connectivity index (χ0) is 19.5. The van der Waals surface area contributed by atoms with Gasteiger partial charge in [-0.05, 0) is 65.4 Å². The Labute approximate surface area is 163 Å². The van der Waals surface area contributed by atoms with Gasteiger partial charge in [0.05, 0.1) is 21.8 Å². The van der Waals surface area contributed by atoms with Gasteiger partial charge in [0, 0.05) is 5.69 Å². The van der Waals surface area contributed by atoms with Gasteiger partial charge in [0.1, 0.15) is 6.33 Å². The molecule has 1 aromatic carbocycles. The van der Waals surface area contributed by atoms with Crippen LogP contribution in [0.4, 0.5) is 10.7 Å². The van der Waals surface area contributed by atoms with Crippen LogP contribution in [-0.2, 0) is 0 Å². The van der Waals surface area contributed by atoms with Crippen molar-refractivity contribution in [3.8, 4) is 5.69 Å². The monoisotopic (exact) mass is 394 g/mol. The SMILES string of the molecule is Cc1cc(NC(=O)c2ccc(NC(=O)c3ccco3)s2)ccc1-n1cnnn1. The van der Waals surface area contributed by atoms with Crippen molar-refractivity contribution in [2.45, 2.75) is 6.92 Å². The fourth-order valence-corrected chi connectivity index (χ4v) is 3.36. The van der Waals surface area contributed by atoms with Gasteiger partial charge in [0.25, 0.3) is 11.8 Å². The zero-order valence-electron chi connectivity index (χ0n) is 14.6. The molecule has 3 aromatic heterocycles. The molecule has 0 radical (unpaired) electrons. The molecule has 0 saturated heterocycles. The van der Waals surface area contributed by atoms with Crippen LogP contribution in [0.3, 0.4) is 0 Å². The molecule has 0 fully saturated rings. The number of aryl methyl sites for hydroxylation is 1. The number of benzene rings is 1. The summed E-state index contributed by atoms with van der Waals surface area (Å²) in [6.07, 6.45) is 2.93. The number of furan rings is 1. The van der Waals surface area contributed by atoms with Gasteiger partial charge < -0.3 is 15.1 Å². The number of hydrogen-bond acceptors (Lipinski definition) is 7. The lowest BCUT2D eigenvalue weighted by molar-refractivity contribution is 0.0995. The fraction of sp³-hybridized carbons (Fsp3) is 0.0556. The third-order valence-corrected chi connectivity index (χ3v) is 4.86. The first-order valence-corrected chi connectivity index (χ1v) is 9.02. The number of thiophene rings is 1. The molecule has 4 aromatic rings. The maximum Gasteiger partial charge on any atom is 0.291 e. The first-order valence-electron chi connectivity index (χ1n) is 8.20. The summed E-state index contributed by atoms with van der Waals surface area (Å²) in [6.45, 7) is 1.90. The molecule has 0 saturated carbocycles. The number of hydrogen-bond donors (Lipinski definition) is 2. The van der Waals surface area contributed by atoms with Gasteiger partial charge in [-0.25, -0.2) is 4.68 Å². The molecule has 0 aliphatic rings. The Balaban J connectivity index is 1.43. The van der Waals surface area contributed by atoms with Crippen LogP contribution in [0, 0.1) is 6.92 Å².